The van der Waals surface area contributed by atoms with Gasteiger partial charge in [0.1, 0.15) is 11.6 Å². The zero-order valence-electron chi connectivity index (χ0n) is 16.0. The minimum Gasteiger partial charge on any atom is -0.455 e. The molecule has 0 spiro atoms. The highest BCUT2D eigenvalue weighted by molar-refractivity contribution is 6.03. The molecule has 2 heterocycles. The molecule has 0 saturated carbocycles. The van der Waals surface area contributed by atoms with Crippen LogP contribution in [0.15, 0.2) is 91.3 Å². The number of aromatic nitrogens is 3. The third kappa shape index (κ3) is 4.96. The summed E-state index contributed by atoms with van der Waals surface area (Å²) in [6.45, 7) is 0.590. The van der Waals surface area contributed by atoms with Gasteiger partial charge in [-0.15, -0.1) is 10.2 Å². The molecular formula is C23H19N5O2. The van der Waals surface area contributed by atoms with Gasteiger partial charge in [0.15, 0.2) is 11.4 Å². The Bertz CT molecular complexity index is 1100. The quantitative estimate of drug-likeness (QED) is 0.476. The van der Waals surface area contributed by atoms with Crippen molar-refractivity contribution < 1.29 is 9.53 Å². The molecule has 0 aliphatic rings. The van der Waals surface area contributed by atoms with Crippen molar-refractivity contribution in [3.05, 3.63) is 103 Å². The van der Waals surface area contributed by atoms with Crippen LogP contribution in [0, 0.1) is 0 Å². The molecule has 148 valence electrons. The molecule has 7 nitrogen and oxygen atoms in total. The van der Waals surface area contributed by atoms with Crippen molar-refractivity contribution in [1.29, 1.82) is 0 Å². The van der Waals surface area contributed by atoms with Crippen molar-refractivity contribution in [2.45, 2.75) is 6.54 Å². The number of nitrogens with one attached hydrogen (secondary N) is 2. The number of carbonyl (C=O) groups is 1. The van der Waals surface area contributed by atoms with Gasteiger partial charge in [0, 0.05) is 18.9 Å². The van der Waals surface area contributed by atoms with Crippen molar-refractivity contribution in [3.8, 4) is 11.5 Å². The van der Waals surface area contributed by atoms with E-state index in [2.05, 4.69) is 25.8 Å². The number of para-hydroxylation sites is 3. The van der Waals surface area contributed by atoms with E-state index < -0.39 is 0 Å². The van der Waals surface area contributed by atoms with Gasteiger partial charge in [-0.25, -0.2) is 0 Å². The van der Waals surface area contributed by atoms with E-state index in [1.54, 1.807) is 36.7 Å². The molecule has 0 radical (unpaired) electrons. The summed E-state index contributed by atoms with van der Waals surface area (Å²) in [4.78, 5) is 16.6. The van der Waals surface area contributed by atoms with Crippen LogP contribution in [0.1, 0.15) is 16.1 Å². The second-order valence-corrected chi connectivity index (χ2v) is 6.38. The Morgan fingerprint density at radius 3 is 2.37 bits per heavy atom. The van der Waals surface area contributed by atoms with E-state index in [-0.39, 0.29) is 11.6 Å². The first-order valence-corrected chi connectivity index (χ1v) is 9.38. The molecule has 2 N–H and O–H groups in total. The summed E-state index contributed by atoms with van der Waals surface area (Å²) in [5.41, 5.74) is 1.83. The number of ether oxygens (including phenoxy) is 1. The molecule has 0 saturated heterocycles. The van der Waals surface area contributed by atoms with Gasteiger partial charge in [0.25, 0.3) is 5.91 Å². The van der Waals surface area contributed by atoms with Gasteiger partial charge >= 0.3 is 0 Å². The number of hydrogen-bond acceptors (Lipinski definition) is 6. The summed E-state index contributed by atoms with van der Waals surface area (Å²) in [5, 5.41) is 14.1. The standard InChI is InChI=1S/C23H19N5O2/c29-23(20-10-11-22(28-27-20)25-16-17-12-14-24-15-13-17)26-19-8-4-5-9-21(19)30-18-6-2-1-3-7-18/h1-15H,16H2,(H,25,28)(H,26,29). The minimum absolute atomic E-state index is 0.207. The van der Waals surface area contributed by atoms with E-state index in [0.717, 1.165) is 5.56 Å². The lowest BCUT2D eigenvalue weighted by Gasteiger charge is -2.12. The highest BCUT2D eigenvalue weighted by Crippen LogP contribution is 2.29. The molecule has 2 aromatic heterocycles. The molecule has 0 bridgehead atoms. The Hall–Kier alpha value is -4.26. The van der Waals surface area contributed by atoms with Crippen LogP contribution >= 0.6 is 0 Å². The van der Waals surface area contributed by atoms with E-state index in [1.807, 2.05) is 54.6 Å². The van der Waals surface area contributed by atoms with Crippen LogP contribution in [-0.4, -0.2) is 21.1 Å². The van der Waals surface area contributed by atoms with Crippen LogP contribution in [0.5, 0.6) is 11.5 Å². The number of amides is 1. The number of nitrogens with zero attached hydrogens (tertiary/aromatic N) is 3. The fourth-order valence-electron chi connectivity index (χ4n) is 2.70. The fraction of sp³-hybridized carbons (Fsp3) is 0.0435. The van der Waals surface area contributed by atoms with Crippen LogP contribution in [-0.2, 0) is 6.54 Å². The van der Waals surface area contributed by atoms with Crippen molar-refractivity contribution in [2.24, 2.45) is 0 Å². The molecular weight excluding hydrogens is 378 g/mol. The number of pyridine rings is 1. The first kappa shape index (κ1) is 19.1. The molecule has 2 aromatic carbocycles. The highest BCUT2D eigenvalue weighted by Gasteiger charge is 2.12. The third-order valence-electron chi connectivity index (χ3n) is 4.23. The van der Waals surface area contributed by atoms with E-state index >= 15 is 0 Å². The maximum atomic E-state index is 12.6. The molecule has 0 fully saturated rings. The largest absolute Gasteiger partial charge is 0.455 e. The van der Waals surface area contributed by atoms with Crippen LogP contribution in [0.3, 0.4) is 0 Å². The smallest absolute Gasteiger partial charge is 0.276 e. The Kier molecular flexibility index (Phi) is 5.91. The van der Waals surface area contributed by atoms with Crippen molar-refractivity contribution in [2.75, 3.05) is 10.6 Å². The molecule has 0 aliphatic heterocycles. The maximum Gasteiger partial charge on any atom is 0.276 e. The lowest BCUT2D eigenvalue weighted by Crippen LogP contribution is -2.15. The predicted octanol–water partition coefficient (Wildman–Crippen LogP) is 4.53. The van der Waals surface area contributed by atoms with Gasteiger partial charge in [0.2, 0.25) is 0 Å². The number of carbonyl (C=O) groups excluding carboxylic acids is 1. The topological polar surface area (TPSA) is 89.0 Å². The van der Waals surface area contributed by atoms with Crippen molar-refractivity contribution >= 4 is 17.4 Å². The number of rotatable bonds is 7. The summed E-state index contributed by atoms with van der Waals surface area (Å²) in [6, 6.07) is 23.8. The molecule has 0 aliphatic carbocycles. The van der Waals surface area contributed by atoms with Gasteiger partial charge in [-0.2, -0.15) is 0 Å². The molecule has 4 aromatic rings. The minimum atomic E-state index is -0.368. The van der Waals surface area contributed by atoms with Crippen molar-refractivity contribution in [1.82, 2.24) is 15.2 Å². The second-order valence-electron chi connectivity index (χ2n) is 6.38. The Balaban J connectivity index is 1.40. The molecule has 7 heteroatoms. The zero-order chi connectivity index (χ0) is 20.6. The molecule has 1 amide bonds. The summed E-state index contributed by atoms with van der Waals surface area (Å²) >= 11 is 0. The van der Waals surface area contributed by atoms with Gasteiger partial charge in [-0.3, -0.25) is 9.78 Å². The number of hydrogen-bond donors (Lipinski definition) is 2. The summed E-state index contributed by atoms with van der Waals surface area (Å²) in [7, 11) is 0. The second kappa shape index (κ2) is 9.29. The zero-order valence-corrected chi connectivity index (χ0v) is 16.0. The Morgan fingerprint density at radius 2 is 1.60 bits per heavy atom. The summed E-state index contributed by atoms with van der Waals surface area (Å²) in [6.07, 6.45) is 3.46. The van der Waals surface area contributed by atoms with Gasteiger partial charge < -0.3 is 15.4 Å². The van der Waals surface area contributed by atoms with Crippen LogP contribution in [0.2, 0.25) is 0 Å². The monoisotopic (exact) mass is 397 g/mol. The first-order chi connectivity index (χ1) is 14.8. The fourth-order valence-corrected chi connectivity index (χ4v) is 2.70. The highest BCUT2D eigenvalue weighted by atomic mass is 16.5. The predicted molar refractivity (Wildman–Crippen MR) is 115 cm³/mol. The van der Waals surface area contributed by atoms with Crippen LogP contribution in [0.4, 0.5) is 11.5 Å². The molecule has 4 rings (SSSR count). The lowest BCUT2D eigenvalue weighted by atomic mass is 10.2. The van der Waals surface area contributed by atoms with Crippen LogP contribution < -0.4 is 15.4 Å². The Labute approximate surface area is 173 Å². The van der Waals surface area contributed by atoms with E-state index in [9.17, 15) is 4.79 Å². The molecule has 30 heavy (non-hydrogen) atoms. The normalized spacial score (nSPS) is 10.3. The maximum absolute atomic E-state index is 12.6. The number of anilines is 2. The van der Waals surface area contributed by atoms with Gasteiger partial charge in [-0.1, -0.05) is 30.3 Å². The van der Waals surface area contributed by atoms with Crippen LogP contribution in [0.25, 0.3) is 0 Å². The first-order valence-electron chi connectivity index (χ1n) is 9.38. The third-order valence-corrected chi connectivity index (χ3v) is 4.23. The molecule has 0 unspecified atom stereocenters. The average Bonchev–Trinajstić information content (AvgIpc) is 2.81. The summed E-state index contributed by atoms with van der Waals surface area (Å²) in [5.74, 6) is 1.44. The summed E-state index contributed by atoms with van der Waals surface area (Å²) < 4.78 is 5.87. The van der Waals surface area contributed by atoms with E-state index in [0.29, 0.717) is 29.5 Å². The number of benzene rings is 2. The van der Waals surface area contributed by atoms with Gasteiger partial charge in [-0.05, 0) is 54.1 Å². The Morgan fingerprint density at radius 1 is 0.833 bits per heavy atom. The molecule has 0 atom stereocenters. The van der Waals surface area contributed by atoms with E-state index in [1.165, 1.54) is 0 Å². The van der Waals surface area contributed by atoms with Gasteiger partial charge in [0.05, 0.1) is 5.69 Å². The average molecular weight is 397 g/mol. The SMILES string of the molecule is O=C(Nc1ccccc1Oc1ccccc1)c1ccc(NCc2ccncc2)nn1. The lowest BCUT2D eigenvalue weighted by molar-refractivity contribution is 0.102. The van der Waals surface area contributed by atoms with E-state index in [4.69, 9.17) is 4.74 Å². The van der Waals surface area contributed by atoms with Crippen molar-refractivity contribution in [3.63, 3.8) is 0 Å².